The lowest BCUT2D eigenvalue weighted by atomic mass is 9.82. The van der Waals surface area contributed by atoms with Gasteiger partial charge in [-0.1, -0.05) is 274 Å². The molecule has 0 aliphatic heterocycles. The maximum absolute atomic E-state index is 4.82. The second kappa shape index (κ2) is 54.7. The normalized spacial score (nSPS) is 13.2. The Labute approximate surface area is 487 Å². The molecule has 0 aliphatic rings. The van der Waals surface area contributed by atoms with Crippen molar-refractivity contribution in [2.75, 3.05) is 20.6 Å². The highest BCUT2D eigenvalue weighted by molar-refractivity contribution is 5.06. The topological polar surface area (TPSA) is 3.24 Å². The standard InChI is InChI=1S/C76H141N/c1-15-20-24-28-30-43-56-75(54-41-26-22-17-3)70(10)52-39-33-37-48-67(7)58-61-73(62-60-72(12)74(46-19-5)63-59-68(8)49-36-32-35-47-66(6)51-45-64-77(13)14)65-69(9)50-38-34-40-53-71(11)76(55-42-27-23-18-4)57-44-31-29-25-21-16-2/h73-76H,6-12,15-65H2,1-5,13-14H3. The molecule has 0 radical (unpaired) electrons. The van der Waals surface area contributed by atoms with Crippen molar-refractivity contribution in [3.63, 3.8) is 0 Å². The van der Waals surface area contributed by atoms with Crippen LogP contribution in [0.1, 0.15) is 356 Å². The fraction of sp³-hybridized carbons (Fsp3) is 0.816. The average molecular weight is 1070 g/mol. The van der Waals surface area contributed by atoms with Crippen molar-refractivity contribution in [1.82, 2.24) is 4.90 Å². The molecule has 0 N–H and O–H groups in total. The second-order valence-corrected chi connectivity index (χ2v) is 25.9. The fourth-order valence-electron chi connectivity index (χ4n) is 12.4. The predicted octanol–water partition coefficient (Wildman–Crippen LogP) is 26.5. The summed E-state index contributed by atoms with van der Waals surface area (Å²) in [5, 5.41) is 0. The Morgan fingerprint density at radius 1 is 0.260 bits per heavy atom. The lowest BCUT2D eigenvalue weighted by Crippen LogP contribution is -2.12. The van der Waals surface area contributed by atoms with Gasteiger partial charge >= 0.3 is 0 Å². The molecular weight excluding hydrogens is 927 g/mol. The minimum absolute atomic E-state index is 0.612. The number of nitrogens with zero attached hydrogens (tertiary/aromatic N) is 1. The molecule has 450 valence electrons. The van der Waals surface area contributed by atoms with Crippen molar-refractivity contribution in [3.8, 4) is 0 Å². The van der Waals surface area contributed by atoms with E-state index in [2.05, 4.69) is 66.8 Å². The van der Waals surface area contributed by atoms with Crippen molar-refractivity contribution in [3.05, 3.63) is 85.1 Å². The highest BCUT2D eigenvalue weighted by Gasteiger charge is 2.18. The molecule has 77 heavy (non-hydrogen) atoms. The van der Waals surface area contributed by atoms with E-state index < -0.39 is 0 Å². The van der Waals surface area contributed by atoms with Gasteiger partial charge in [0.25, 0.3) is 0 Å². The van der Waals surface area contributed by atoms with Crippen molar-refractivity contribution >= 4 is 0 Å². The number of rotatable bonds is 62. The minimum atomic E-state index is 0.612. The number of hydrogen-bond donors (Lipinski definition) is 0. The van der Waals surface area contributed by atoms with Crippen LogP contribution in [0, 0.1) is 23.7 Å². The Morgan fingerprint density at radius 2 is 0.558 bits per heavy atom. The number of unbranched alkanes of at least 4 members (excludes halogenated alkanes) is 22. The summed E-state index contributed by atoms with van der Waals surface area (Å²) in [6.45, 7) is 45.5. The van der Waals surface area contributed by atoms with E-state index in [0.717, 1.165) is 31.2 Å². The lowest BCUT2D eigenvalue weighted by molar-refractivity contribution is 0.399. The van der Waals surface area contributed by atoms with Crippen LogP contribution >= 0.6 is 0 Å². The first kappa shape index (κ1) is 75.1. The van der Waals surface area contributed by atoms with Crippen molar-refractivity contribution in [1.29, 1.82) is 0 Å². The van der Waals surface area contributed by atoms with Crippen LogP contribution in [0.25, 0.3) is 0 Å². The monoisotopic (exact) mass is 1070 g/mol. The van der Waals surface area contributed by atoms with Crippen molar-refractivity contribution < 1.29 is 0 Å². The zero-order valence-corrected chi connectivity index (χ0v) is 54.3. The molecule has 0 heterocycles. The summed E-state index contributed by atoms with van der Waals surface area (Å²) in [7, 11) is 4.32. The van der Waals surface area contributed by atoms with E-state index in [1.54, 1.807) is 11.1 Å². The van der Waals surface area contributed by atoms with Gasteiger partial charge in [-0.15, -0.1) is 0 Å². The maximum Gasteiger partial charge on any atom is -0.00218 e. The number of hydrogen-bond acceptors (Lipinski definition) is 1. The minimum Gasteiger partial charge on any atom is -0.309 e. The third-order valence-corrected chi connectivity index (χ3v) is 18.0. The average Bonchev–Trinajstić information content (AvgIpc) is 3.40. The first-order valence-electron chi connectivity index (χ1n) is 34.7. The smallest absolute Gasteiger partial charge is 0.00218 e. The Hall–Kier alpha value is -1.86. The van der Waals surface area contributed by atoms with E-state index in [-0.39, 0.29) is 0 Å². The molecule has 4 atom stereocenters. The SMILES string of the molecule is C=C(CCCCCC(=C)CCC(CCC)C(=C)CCC(CCC(=C)CCCCCC(=C)C(CCCCCC)CCCCCCCC)CC(=C)CCCCCC(=C)C(CCCCCC)CCCCCCCC)CCCN(C)C. The quantitative estimate of drug-likeness (QED) is 0.0433. The summed E-state index contributed by atoms with van der Waals surface area (Å²) < 4.78 is 0. The first-order valence-corrected chi connectivity index (χ1v) is 34.7. The van der Waals surface area contributed by atoms with Crippen LogP contribution in [0.4, 0.5) is 0 Å². The molecule has 0 aromatic heterocycles. The van der Waals surface area contributed by atoms with Crippen LogP contribution in [0.15, 0.2) is 85.1 Å². The van der Waals surface area contributed by atoms with E-state index in [1.165, 1.54) is 336 Å². The largest absolute Gasteiger partial charge is 0.309 e. The molecule has 1 heteroatoms. The summed E-state index contributed by atoms with van der Waals surface area (Å²) >= 11 is 0. The Bertz CT molecular complexity index is 1440. The summed E-state index contributed by atoms with van der Waals surface area (Å²) in [6.07, 6.45) is 65.2. The third kappa shape index (κ3) is 47.5. The molecule has 0 aromatic rings. The highest BCUT2D eigenvalue weighted by Crippen LogP contribution is 2.34. The molecule has 0 aliphatic carbocycles. The molecule has 0 amide bonds. The van der Waals surface area contributed by atoms with Crippen LogP contribution < -0.4 is 0 Å². The van der Waals surface area contributed by atoms with Gasteiger partial charge in [0.2, 0.25) is 0 Å². The van der Waals surface area contributed by atoms with Gasteiger partial charge in [-0.25, -0.2) is 0 Å². The van der Waals surface area contributed by atoms with Gasteiger partial charge < -0.3 is 4.90 Å². The van der Waals surface area contributed by atoms with Gasteiger partial charge in [-0.2, -0.15) is 0 Å². The molecule has 0 fully saturated rings. The molecule has 0 saturated heterocycles. The van der Waals surface area contributed by atoms with Crippen LogP contribution in [-0.2, 0) is 0 Å². The third-order valence-electron chi connectivity index (χ3n) is 18.0. The zero-order chi connectivity index (χ0) is 57.0. The van der Waals surface area contributed by atoms with Gasteiger partial charge in [-0.3, -0.25) is 0 Å². The van der Waals surface area contributed by atoms with E-state index >= 15 is 0 Å². The van der Waals surface area contributed by atoms with Crippen LogP contribution in [0.2, 0.25) is 0 Å². The number of allylic oxidation sites excluding steroid dienone is 7. The van der Waals surface area contributed by atoms with Gasteiger partial charge in [0.1, 0.15) is 0 Å². The van der Waals surface area contributed by atoms with E-state index in [0.29, 0.717) is 11.8 Å². The van der Waals surface area contributed by atoms with Gasteiger partial charge in [0, 0.05) is 0 Å². The highest BCUT2D eigenvalue weighted by atomic mass is 15.0. The summed E-state index contributed by atoms with van der Waals surface area (Å²) in [5.41, 5.74) is 10.5. The van der Waals surface area contributed by atoms with E-state index in [1.807, 2.05) is 0 Å². The predicted molar refractivity (Wildman–Crippen MR) is 356 cm³/mol. The Balaban J connectivity index is 5.40. The first-order chi connectivity index (χ1) is 37.3. The van der Waals surface area contributed by atoms with Crippen LogP contribution in [0.5, 0.6) is 0 Å². The van der Waals surface area contributed by atoms with Gasteiger partial charge in [0.05, 0.1) is 0 Å². The van der Waals surface area contributed by atoms with Crippen molar-refractivity contribution in [2.24, 2.45) is 23.7 Å². The molecule has 4 unspecified atom stereocenters. The molecule has 0 aromatic carbocycles. The summed E-state index contributed by atoms with van der Waals surface area (Å²) in [5.74, 6) is 2.76. The Kier molecular flexibility index (Phi) is 53.4. The zero-order valence-electron chi connectivity index (χ0n) is 54.3. The maximum atomic E-state index is 4.82. The summed E-state index contributed by atoms with van der Waals surface area (Å²) in [6, 6.07) is 0. The van der Waals surface area contributed by atoms with Gasteiger partial charge in [0.15, 0.2) is 0 Å². The molecular formula is C76H141N. The fourth-order valence-corrected chi connectivity index (χ4v) is 12.4. The van der Waals surface area contributed by atoms with E-state index in [4.69, 9.17) is 32.9 Å². The Morgan fingerprint density at radius 3 is 0.974 bits per heavy atom. The molecule has 0 saturated carbocycles. The molecule has 0 rings (SSSR count). The molecule has 1 nitrogen and oxygen atoms in total. The van der Waals surface area contributed by atoms with Crippen molar-refractivity contribution in [2.45, 2.75) is 356 Å². The molecule has 0 spiro atoms. The van der Waals surface area contributed by atoms with Crippen LogP contribution in [0.3, 0.4) is 0 Å². The molecule has 0 bridgehead atoms. The van der Waals surface area contributed by atoms with Crippen LogP contribution in [-0.4, -0.2) is 25.5 Å². The van der Waals surface area contributed by atoms with E-state index in [9.17, 15) is 0 Å². The second-order valence-electron chi connectivity index (χ2n) is 25.9. The summed E-state index contributed by atoms with van der Waals surface area (Å²) in [4.78, 5) is 2.28. The lowest BCUT2D eigenvalue weighted by Gasteiger charge is -2.24. The van der Waals surface area contributed by atoms with Gasteiger partial charge in [-0.05, 0) is 211 Å².